The molecule has 0 amide bonds. The second kappa shape index (κ2) is 7.61. The van der Waals surface area contributed by atoms with Crippen LogP contribution in [-0.4, -0.2) is 33.2 Å². The van der Waals surface area contributed by atoms with Crippen LogP contribution in [0.5, 0.6) is 23.0 Å². The number of rotatable bonds is 7. The van der Waals surface area contributed by atoms with Crippen molar-refractivity contribution in [2.75, 3.05) is 21.3 Å². The minimum Gasteiger partial charge on any atom is -0.497 e. The van der Waals surface area contributed by atoms with Crippen LogP contribution in [0, 0.1) is 0 Å². The number of hydrogen-bond acceptors (Lipinski definition) is 6. The highest BCUT2D eigenvalue weighted by atomic mass is 16.5. The quantitative estimate of drug-likeness (QED) is 0.572. The smallest absolute Gasteiger partial charge is 0.205 e. The molecule has 1 aromatic heterocycles. The van der Waals surface area contributed by atoms with Gasteiger partial charge in [-0.25, -0.2) is 0 Å². The normalized spacial score (nSPS) is 10.9. The van der Waals surface area contributed by atoms with Crippen LogP contribution in [0.25, 0.3) is 11.0 Å². The lowest BCUT2D eigenvalue weighted by molar-refractivity contribution is 0.103. The topological polar surface area (TPSA) is 67.1 Å². The predicted molar refractivity (Wildman–Crippen MR) is 102 cm³/mol. The number of ether oxygens (including phenoxy) is 4. The Kier molecular flexibility index (Phi) is 5.26. The molecule has 0 N–H and O–H groups in total. The number of methoxy groups -OCH3 is 3. The fraction of sp³-hybridized carbons (Fsp3) is 0.286. The van der Waals surface area contributed by atoms with Gasteiger partial charge in [0.15, 0.2) is 17.1 Å². The van der Waals surface area contributed by atoms with Gasteiger partial charge < -0.3 is 23.4 Å². The standard InChI is InChI=1S/C21H22O6/c1-12(2)27-21-18(25-5)7-6-16-17(11-26-20(16)21)19(22)13-8-14(23-3)10-15(9-13)24-4/h6-12H,1-5H3. The Hall–Kier alpha value is -3.15. The summed E-state index contributed by atoms with van der Waals surface area (Å²) in [6.45, 7) is 3.83. The Morgan fingerprint density at radius 3 is 2.19 bits per heavy atom. The second-order valence-corrected chi connectivity index (χ2v) is 6.22. The van der Waals surface area contributed by atoms with Gasteiger partial charge in [0, 0.05) is 17.0 Å². The fourth-order valence-corrected chi connectivity index (χ4v) is 2.83. The van der Waals surface area contributed by atoms with E-state index in [9.17, 15) is 4.79 Å². The monoisotopic (exact) mass is 370 g/mol. The average Bonchev–Trinajstić information content (AvgIpc) is 3.11. The van der Waals surface area contributed by atoms with Crippen molar-refractivity contribution in [3.63, 3.8) is 0 Å². The molecule has 27 heavy (non-hydrogen) atoms. The van der Waals surface area contributed by atoms with E-state index < -0.39 is 0 Å². The maximum atomic E-state index is 13.1. The van der Waals surface area contributed by atoms with Gasteiger partial charge in [-0.2, -0.15) is 0 Å². The molecular formula is C21H22O6. The van der Waals surface area contributed by atoms with E-state index in [4.69, 9.17) is 23.4 Å². The molecule has 1 heterocycles. The van der Waals surface area contributed by atoms with E-state index in [0.717, 1.165) is 0 Å². The summed E-state index contributed by atoms with van der Waals surface area (Å²) in [5.74, 6) is 1.90. The zero-order chi connectivity index (χ0) is 19.6. The molecule has 0 saturated carbocycles. The van der Waals surface area contributed by atoms with Crippen LogP contribution >= 0.6 is 0 Å². The highest BCUT2D eigenvalue weighted by Gasteiger charge is 2.22. The van der Waals surface area contributed by atoms with E-state index in [1.165, 1.54) is 20.5 Å². The Morgan fingerprint density at radius 1 is 0.963 bits per heavy atom. The van der Waals surface area contributed by atoms with Gasteiger partial charge in [-0.05, 0) is 38.1 Å². The van der Waals surface area contributed by atoms with E-state index >= 15 is 0 Å². The summed E-state index contributed by atoms with van der Waals surface area (Å²) in [4.78, 5) is 13.1. The molecule has 6 nitrogen and oxygen atoms in total. The van der Waals surface area contributed by atoms with Gasteiger partial charge in [-0.3, -0.25) is 4.79 Å². The van der Waals surface area contributed by atoms with Crippen molar-refractivity contribution in [1.82, 2.24) is 0 Å². The zero-order valence-electron chi connectivity index (χ0n) is 16.0. The van der Waals surface area contributed by atoms with Gasteiger partial charge in [0.2, 0.25) is 5.75 Å². The zero-order valence-corrected chi connectivity index (χ0v) is 16.0. The Labute approximate surface area is 157 Å². The lowest BCUT2D eigenvalue weighted by atomic mass is 10.0. The lowest BCUT2D eigenvalue weighted by Gasteiger charge is -2.13. The molecule has 3 rings (SSSR count). The molecule has 0 aliphatic rings. The van der Waals surface area contributed by atoms with Crippen molar-refractivity contribution >= 4 is 16.8 Å². The summed E-state index contributed by atoms with van der Waals surface area (Å²) < 4.78 is 27.4. The molecule has 0 fully saturated rings. The molecular weight excluding hydrogens is 348 g/mol. The summed E-state index contributed by atoms with van der Waals surface area (Å²) in [5.41, 5.74) is 1.34. The molecule has 0 aliphatic carbocycles. The molecule has 0 saturated heterocycles. The Morgan fingerprint density at radius 2 is 1.63 bits per heavy atom. The minimum atomic E-state index is -0.202. The van der Waals surface area contributed by atoms with E-state index in [1.807, 2.05) is 13.8 Å². The molecule has 0 bridgehead atoms. The van der Waals surface area contributed by atoms with Crippen molar-refractivity contribution in [3.05, 3.63) is 47.7 Å². The van der Waals surface area contributed by atoms with E-state index in [1.54, 1.807) is 37.4 Å². The Bertz CT molecular complexity index is 948. The van der Waals surface area contributed by atoms with E-state index in [-0.39, 0.29) is 11.9 Å². The van der Waals surface area contributed by atoms with Gasteiger partial charge in [-0.1, -0.05) is 0 Å². The first-order chi connectivity index (χ1) is 13.0. The van der Waals surface area contributed by atoms with Crippen molar-refractivity contribution in [1.29, 1.82) is 0 Å². The van der Waals surface area contributed by atoms with Gasteiger partial charge >= 0.3 is 0 Å². The highest BCUT2D eigenvalue weighted by molar-refractivity contribution is 6.16. The van der Waals surface area contributed by atoms with Crippen molar-refractivity contribution in [2.45, 2.75) is 20.0 Å². The van der Waals surface area contributed by atoms with Crippen molar-refractivity contribution in [2.24, 2.45) is 0 Å². The highest BCUT2D eigenvalue weighted by Crippen LogP contribution is 2.39. The first-order valence-electron chi connectivity index (χ1n) is 8.51. The van der Waals surface area contributed by atoms with Crippen LogP contribution in [0.2, 0.25) is 0 Å². The van der Waals surface area contributed by atoms with Crippen LogP contribution in [0.1, 0.15) is 29.8 Å². The number of hydrogen-bond donors (Lipinski definition) is 0. The molecule has 0 radical (unpaired) electrons. The third kappa shape index (κ3) is 3.56. The third-order valence-corrected chi connectivity index (χ3v) is 4.09. The summed E-state index contributed by atoms with van der Waals surface area (Å²) in [5, 5.41) is 0.651. The van der Waals surface area contributed by atoms with Gasteiger partial charge in [0.1, 0.15) is 17.8 Å². The largest absolute Gasteiger partial charge is 0.497 e. The van der Waals surface area contributed by atoms with E-state index in [2.05, 4.69) is 0 Å². The second-order valence-electron chi connectivity index (χ2n) is 6.22. The maximum absolute atomic E-state index is 13.1. The van der Waals surface area contributed by atoms with Gasteiger partial charge in [0.25, 0.3) is 0 Å². The van der Waals surface area contributed by atoms with Crippen LogP contribution in [-0.2, 0) is 0 Å². The fourth-order valence-electron chi connectivity index (χ4n) is 2.83. The summed E-state index contributed by atoms with van der Waals surface area (Å²) in [6, 6.07) is 8.59. The molecule has 2 aromatic carbocycles. The van der Waals surface area contributed by atoms with Crippen LogP contribution in [0.15, 0.2) is 41.0 Å². The maximum Gasteiger partial charge on any atom is 0.205 e. The van der Waals surface area contributed by atoms with E-state index in [0.29, 0.717) is 45.1 Å². The predicted octanol–water partition coefficient (Wildman–Crippen LogP) is 4.48. The summed E-state index contributed by atoms with van der Waals surface area (Å²) in [7, 11) is 4.64. The summed E-state index contributed by atoms with van der Waals surface area (Å²) >= 11 is 0. The van der Waals surface area contributed by atoms with Crippen LogP contribution in [0.3, 0.4) is 0 Å². The molecule has 3 aromatic rings. The molecule has 142 valence electrons. The average molecular weight is 370 g/mol. The Balaban J connectivity index is 2.11. The van der Waals surface area contributed by atoms with Gasteiger partial charge in [0.05, 0.1) is 33.0 Å². The first-order valence-corrected chi connectivity index (χ1v) is 8.51. The number of carbonyl (C=O) groups is 1. The number of furan rings is 1. The molecule has 0 aliphatic heterocycles. The van der Waals surface area contributed by atoms with Crippen molar-refractivity contribution in [3.8, 4) is 23.0 Å². The molecule has 0 atom stereocenters. The third-order valence-electron chi connectivity index (χ3n) is 4.09. The first kappa shape index (κ1) is 18.6. The van der Waals surface area contributed by atoms with Crippen LogP contribution in [0.4, 0.5) is 0 Å². The number of ketones is 1. The lowest BCUT2D eigenvalue weighted by Crippen LogP contribution is -2.07. The molecule has 6 heteroatoms. The molecule has 0 spiro atoms. The van der Waals surface area contributed by atoms with Crippen LogP contribution < -0.4 is 18.9 Å². The number of carbonyl (C=O) groups excluding carboxylic acids is 1. The number of benzene rings is 2. The molecule has 0 unspecified atom stereocenters. The SMILES string of the molecule is COc1cc(OC)cc(C(=O)c2coc3c(OC(C)C)c(OC)ccc23)c1. The van der Waals surface area contributed by atoms with Crippen molar-refractivity contribution < 1.29 is 28.2 Å². The minimum absolute atomic E-state index is 0.0728. The summed E-state index contributed by atoms with van der Waals surface area (Å²) in [6.07, 6.45) is 1.36. The van der Waals surface area contributed by atoms with Gasteiger partial charge in [-0.15, -0.1) is 0 Å². The number of fused-ring (bicyclic) bond motifs is 1.